The van der Waals surface area contributed by atoms with Crippen molar-refractivity contribution in [2.45, 2.75) is 32.3 Å². The number of rotatable bonds is 9. The van der Waals surface area contributed by atoms with Gasteiger partial charge in [0, 0.05) is 62.7 Å². The SMILES string of the molecule is Cc1cc(Nc2ncnc3cnc(OCCCN4CCOCC4)cc23)ccc1OC1CCN(C(=O)O)CC1. The summed E-state index contributed by atoms with van der Waals surface area (Å²) in [6, 6.07) is 7.78. The molecule has 11 heteroatoms. The van der Waals surface area contributed by atoms with E-state index in [-0.39, 0.29) is 6.10 Å². The van der Waals surface area contributed by atoms with Crippen molar-refractivity contribution in [2.75, 3.05) is 57.9 Å². The van der Waals surface area contributed by atoms with Crippen LogP contribution >= 0.6 is 0 Å². The third-order valence-corrected chi connectivity index (χ3v) is 6.91. The summed E-state index contributed by atoms with van der Waals surface area (Å²) in [5.41, 5.74) is 2.59. The van der Waals surface area contributed by atoms with Gasteiger partial charge in [-0.25, -0.2) is 19.7 Å². The zero-order chi connectivity index (χ0) is 26.3. The Labute approximate surface area is 221 Å². The lowest BCUT2D eigenvalue weighted by Crippen LogP contribution is -2.41. The van der Waals surface area contributed by atoms with Crippen LogP contribution in [0, 0.1) is 6.92 Å². The number of carboxylic acid groups (broad SMARTS) is 1. The molecule has 2 aliphatic heterocycles. The van der Waals surface area contributed by atoms with Crippen LogP contribution in [0.25, 0.3) is 10.9 Å². The van der Waals surface area contributed by atoms with E-state index in [0.29, 0.717) is 44.2 Å². The molecule has 11 nitrogen and oxygen atoms in total. The van der Waals surface area contributed by atoms with Crippen LogP contribution in [-0.4, -0.2) is 94.6 Å². The number of hydrogen-bond donors (Lipinski definition) is 2. The molecule has 2 fully saturated rings. The lowest BCUT2D eigenvalue weighted by molar-refractivity contribution is 0.0357. The second-order valence-corrected chi connectivity index (χ2v) is 9.61. The fourth-order valence-corrected chi connectivity index (χ4v) is 4.75. The van der Waals surface area contributed by atoms with Crippen molar-refractivity contribution in [1.29, 1.82) is 0 Å². The van der Waals surface area contributed by atoms with Gasteiger partial charge < -0.3 is 29.5 Å². The number of amides is 1. The molecule has 1 amide bonds. The second-order valence-electron chi connectivity index (χ2n) is 9.61. The highest BCUT2D eigenvalue weighted by Crippen LogP contribution is 2.29. The van der Waals surface area contributed by atoms with E-state index in [1.165, 1.54) is 11.2 Å². The normalized spacial score (nSPS) is 16.9. The lowest BCUT2D eigenvalue weighted by Gasteiger charge is -2.30. The Kier molecular flexibility index (Phi) is 8.34. The molecule has 0 unspecified atom stereocenters. The molecular weight excluding hydrogens is 488 g/mol. The summed E-state index contributed by atoms with van der Waals surface area (Å²) in [6.07, 6.45) is 4.65. The lowest BCUT2D eigenvalue weighted by atomic mass is 10.1. The molecule has 1 aromatic carbocycles. The molecule has 0 radical (unpaired) electrons. The van der Waals surface area contributed by atoms with Crippen LogP contribution in [0.4, 0.5) is 16.3 Å². The molecule has 38 heavy (non-hydrogen) atoms. The molecular formula is C27H34N6O5. The highest BCUT2D eigenvalue weighted by molar-refractivity contribution is 5.90. The number of nitrogens with one attached hydrogen (secondary N) is 1. The van der Waals surface area contributed by atoms with E-state index < -0.39 is 6.09 Å². The van der Waals surface area contributed by atoms with Gasteiger partial charge in [-0.05, 0) is 37.1 Å². The molecule has 0 spiro atoms. The maximum absolute atomic E-state index is 11.1. The zero-order valence-corrected chi connectivity index (χ0v) is 21.6. The van der Waals surface area contributed by atoms with Crippen LogP contribution in [0.3, 0.4) is 0 Å². The molecule has 202 valence electrons. The highest BCUT2D eigenvalue weighted by Gasteiger charge is 2.24. The Morgan fingerprint density at radius 1 is 1.13 bits per heavy atom. The van der Waals surface area contributed by atoms with E-state index >= 15 is 0 Å². The third kappa shape index (κ3) is 6.59. The molecule has 4 heterocycles. The van der Waals surface area contributed by atoms with E-state index in [4.69, 9.17) is 19.3 Å². The number of nitrogens with zero attached hydrogens (tertiary/aromatic N) is 5. The fourth-order valence-electron chi connectivity index (χ4n) is 4.75. The summed E-state index contributed by atoms with van der Waals surface area (Å²) in [5.74, 6) is 2.02. The number of aromatic nitrogens is 3. The van der Waals surface area contributed by atoms with Crippen LogP contribution in [0.2, 0.25) is 0 Å². The minimum atomic E-state index is -0.870. The molecule has 2 saturated heterocycles. The summed E-state index contributed by atoms with van der Waals surface area (Å²) in [7, 11) is 0. The van der Waals surface area contributed by atoms with Gasteiger partial charge in [-0.1, -0.05) is 0 Å². The van der Waals surface area contributed by atoms with Gasteiger partial charge in [0.05, 0.1) is 31.5 Å². The molecule has 0 aliphatic carbocycles. The van der Waals surface area contributed by atoms with Gasteiger partial charge in [0.15, 0.2) is 0 Å². The van der Waals surface area contributed by atoms with Gasteiger partial charge in [-0.2, -0.15) is 0 Å². The van der Waals surface area contributed by atoms with E-state index in [2.05, 4.69) is 25.2 Å². The van der Waals surface area contributed by atoms with E-state index in [9.17, 15) is 4.79 Å². The predicted molar refractivity (Wildman–Crippen MR) is 142 cm³/mol. The van der Waals surface area contributed by atoms with Crippen molar-refractivity contribution >= 4 is 28.5 Å². The largest absolute Gasteiger partial charge is 0.490 e. The summed E-state index contributed by atoms with van der Waals surface area (Å²) in [6.45, 7) is 8.09. The number of fused-ring (bicyclic) bond motifs is 1. The Morgan fingerprint density at radius 2 is 1.95 bits per heavy atom. The van der Waals surface area contributed by atoms with Gasteiger partial charge in [0.25, 0.3) is 0 Å². The molecule has 0 bridgehead atoms. The van der Waals surface area contributed by atoms with Crippen molar-refractivity contribution in [3.63, 3.8) is 0 Å². The summed E-state index contributed by atoms with van der Waals surface area (Å²) >= 11 is 0. The molecule has 2 N–H and O–H groups in total. The van der Waals surface area contributed by atoms with Gasteiger partial charge in [0.2, 0.25) is 5.88 Å². The molecule has 5 rings (SSSR count). The summed E-state index contributed by atoms with van der Waals surface area (Å²) in [5, 5.41) is 13.4. The van der Waals surface area contributed by atoms with E-state index in [1.807, 2.05) is 31.2 Å². The summed E-state index contributed by atoms with van der Waals surface area (Å²) < 4.78 is 17.5. The molecule has 2 aliphatic rings. The Morgan fingerprint density at radius 3 is 2.71 bits per heavy atom. The van der Waals surface area contributed by atoms with Crippen molar-refractivity contribution < 1.29 is 24.1 Å². The van der Waals surface area contributed by atoms with Gasteiger partial charge in [-0.15, -0.1) is 0 Å². The molecule has 0 saturated carbocycles. The van der Waals surface area contributed by atoms with Crippen LogP contribution in [0.1, 0.15) is 24.8 Å². The number of pyridine rings is 1. The van der Waals surface area contributed by atoms with Crippen LogP contribution in [0.15, 0.2) is 36.8 Å². The zero-order valence-electron chi connectivity index (χ0n) is 21.6. The smallest absolute Gasteiger partial charge is 0.407 e. The highest BCUT2D eigenvalue weighted by atomic mass is 16.5. The predicted octanol–water partition coefficient (Wildman–Crippen LogP) is 3.70. The number of hydrogen-bond acceptors (Lipinski definition) is 9. The number of benzene rings is 1. The minimum Gasteiger partial charge on any atom is -0.490 e. The number of piperidine rings is 1. The maximum Gasteiger partial charge on any atom is 0.407 e. The van der Waals surface area contributed by atoms with Crippen molar-refractivity contribution in [3.05, 3.63) is 42.4 Å². The number of carbonyl (C=O) groups is 1. The first-order chi connectivity index (χ1) is 18.5. The average molecular weight is 523 g/mol. The Balaban J connectivity index is 1.20. The number of morpholine rings is 1. The minimum absolute atomic E-state index is 0.00806. The summed E-state index contributed by atoms with van der Waals surface area (Å²) in [4.78, 5) is 28.2. The third-order valence-electron chi connectivity index (χ3n) is 6.91. The number of ether oxygens (including phenoxy) is 3. The fraction of sp³-hybridized carbons (Fsp3) is 0.481. The van der Waals surface area contributed by atoms with Crippen LogP contribution in [-0.2, 0) is 4.74 Å². The standard InChI is InChI=1S/C27H34N6O5/c1-19-15-20(3-4-24(19)38-21-5-8-33(9-6-21)27(34)35)31-26-22-16-25(28-17-23(22)29-18-30-26)37-12-2-7-32-10-13-36-14-11-32/h3-4,15-18,21H,2,5-14H2,1H3,(H,34,35)(H,29,30,31). The Hall–Kier alpha value is -3.70. The van der Waals surface area contributed by atoms with E-state index in [0.717, 1.165) is 67.2 Å². The first-order valence-electron chi connectivity index (χ1n) is 13.1. The second kappa shape index (κ2) is 12.2. The molecule has 3 aromatic rings. The van der Waals surface area contributed by atoms with Crippen LogP contribution < -0.4 is 14.8 Å². The maximum atomic E-state index is 11.1. The average Bonchev–Trinajstić information content (AvgIpc) is 2.94. The van der Waals surface area contributed by atoms with Crippen molar-refractivity contribution in [1.82, 2.24) is 24.8 Å². The van der Waals surface area contributed by atoms with Gasteiger partial charge >= 0.3 is 6.09 Å². The Bertz CT molecular complexity index is 1240. The van der Waals surface area contributed by atoms with Crippen LogP contribution in [0.5, 0.6) is 11.6 Å². The van der Waals surface area contributed by atoms with Crippen molar-refractivity contribution in [3.8, 4) is 11.6 Å². The molecule has 2 aromatic heterocycles. The number of likely N-dealkylation sites (tertiary alicyclic amines) is 1. The van der Waals surface area contributed by atoms with Crippen molar-refractivity contribution in [2.24, 2.45) is 0 Å². The monoisotopic (exact) mass is 522 g/mol. The first-order valence-corrected chi connectivity index (χ1v) is 13.1. The van der Waals surface area contributed by atoms with Gasteiger partial charge in [0.1, 0.15) is 24.0 Å². The first kappa shape index (κ1) is 25.9. The van der Waals surface area contributed by atoms with E-state index in [1.54, 1.807) is 6.20 Å². The topological polar surface area (TPSA) is 122 Å². The number of aryl methyl sites for hydroxylation is 1. The quantitative estimate of drug-likeness (QED) is 0.402. The number of anilines is 2. The van der Waals surface area contributed by atoms with Gasteiger partial charge in [-0.3, -0.25) is 4.90 Å². The molecule has 0 atom stereocenters.